The average Bonchev–Trinajstić information content (AvgIpc) is 2.34. The van der Waals surface area contributed by atoms with E-state index in [-0.39, 0.29) is 4.90 Å². The first-order chi connectivity index (χ1) is 10.5. The minimum Gasteiger partial charge on any atom is -0.444 e. The van der Waals surface area contributed by atoms with Crippen LogP contribution in [0.1, 0.15) is 45.6 Å². The molecule has 128 valence electrons. The minimum atomic E-state index is -3.96. The fourth-order valence-electron chi connectivity index (χ4n) is 2.18. The van der Waals surface area contributed by atoms with Crippen molar-refractivity contribution in [1.82, 2.24) is 5.32 Å². The zero-order chi connectivity index (χ0) is 17.3. The highest BCUT2D eigenvalue weighted by Crippen LogP contribution is 2.36. The van der Waals surface area contributed by atoms with Gasteiger partial charge in [0.1, 0.15) is 5.60 Å². The minimum absolute atomic E-state index is 0.0698. The van der Waals surface area contributed by atoms with Crippen molar-refractivity contribution in [2.24, 2.45) is 0 Å². The first kappa shape index (κ1) is 17.7. The highest BCUT2D eigenvalue weighted by Gasteiger charge is 2.45. The molecular formula is C16H23NO5S. The van der Waals surface area contributed by atoms with Crippen LogP contribution in [0, 0.1) is 6.92 Å². The molecule has 1 amide bonds. The van der Waals surface area contributed by atoms with Crippen LogP contribution in [0.15, 0.2) is 29.2 Å². The van der Waals surface area contributed by atoms with Gasteiger partial charge in [0.05, 0.1) is 4.90 Å². The second-order valence-electron chi connectivity index (χ2n) is 6.83. The van der Waals surface area contributed by atoms with Crippen LogP contribution in [0.5, 0.6) is 0 Å². The Morgan fingerprint density at radius 3 is 2.17 bits per heavy atom. The Morgan fingerprint density at radius 1 is 1.17 bits per heavy atom. The Kier molecular flexibility index (Phi) is 4.73. The maximum Gasteiger partial charge on any atom is 0.409 e. The number of benzene rings is 1. The summed E-state index contributed by atoms with van der Waals surface area (Å²) in [7, 11) is -3.96. The molecule has 1 aromatic carbocycles. The van der Waals surface area contributed by atoms with Crippen molar-refractivity contribution < 1.29 is 22.1 Å². The molecule has 0 bridgehead atoms. The molecule has 0 aliphatic heterocycles. The van der Waals surface area contributed by atoms with Crippen LogP contribution >= 0.6 is 0 Å². The summed E-state index contributed by atoms with van der Waals surface area (Å²) < 4.78 is 35.3. The van der Waals surface area contributed by atoms with E-state index in [0.717, 1.165) is 12.0 Å². The summed E-state index contributed by atoms with van der Waals surface area (Å²) in [4.78, 5) is 12.0. The van der Waals surface area contributed by atoms with Gasteiger partial charge in [-0.2, -0.15) is 8.42 Å². The number of amides is 1. The van der Waals surface area contributed by atoms with E-state index in [4.69, 9.17) is 8.92 Å². The van der Waals surface area contributed by atoms with Crippen molar-refractivity contribution in [2.75, 3.05) is 0 Å². The number of carbonyl (C=O) groups is 1. The molecular weight excluding hydrogens is 318 g/mol. The van der Waals surface area contributed by atoms with Crippen LogP contribution in [0.4, 0.5) is 4.79 Å². The van der Waals surface area contributed by atoms with Crippen LogP contribution in [0.2, 0.25) is 0 Å². The topological polar surface area (TPSA) is 81.7 Å². The van der Waals surface area contributed by atoms with Crippen LogP contribution in [-0.2, 0) is 19.0 Å². The van der Waals surface area contributed by atoms with Crippen LogP contribution in [-0.4, -0.2) is 25.8 Å². The third-order valence-corrected chi connectivity index (χ3v) is 4.86. The Hall–Kier alpha value is -1.60. The molecule has 1 aliphatic carbocycles. The Bertz CT molecular complexity index is 669. The Morgan fingerprint density at radius 2 is 1.74 bits per heavy atom. The lowest BCUT2D eigenvalue weighted by Crippen LogP contribution is -2.57. The fourth-order valence-corrected chi connectivity index (χ4v) is 3.37. The number of carbonyl (C=O) groups excluding carboxylic acids is 1. The molecule has 1 aromatic rings. The summed E-state index contributed by atoms with van der Waals surface area (Å²) in [5.41, 5.74) is -0.925. The van der Waals surface area contributed by atoms with Gasteiger partial charge in [0.2, 0.25) is 0 Å². The number of ether oxygens (including phenoxy) is 1. The van der Waals surface area contributed by atoms with E-state index < -0.39 is 27.5 Å². The van der Waals surface area contributed by atoms with Gasteiger partial charge in [0.15, 0.2) is 5.72 Å². The van der Waals surface area contributed by atoms with Crippen LogP contribution in [0.25, 0.3) is 0 Å². The lowest BCUT2D eigenvalue weighted by atomic mass is 9.88. The molecule has 0 saturated heterocycles. The standard InChI is InChI=1S/C16H23NO5S/c1-12-6-8-13(9-7-12)23(19,20)22-16(10-5-11-16)17-14(18)21-15(2,3)4/h6-9H,5,10-11H2,1-4H3,(H,17,18). The summed E-state index contributed by atoms with van der Waals surface area (Å²) in [6, 6.07) is 6.38. The molecule has 1 N–H and O–H groups in total. The van der Waals surface area contributed by atoms with Crippen molar-refractivity contribution in [3.8, 4) is 0 Å². The first-order valence-corrected chi connectivity index (χ1v) is 8.96. The van der Waals surface area contributed by atoms with Crippen LogP contribution < -0.4 is 5.32 Å². The van der Waals surface area contributed by atoms with Gasteiger partial charge >= 0.3 is 6.09 Å². The second kappa shape index (κ2) is 6.13. The van der Waals surface area contributed by atoms with Gasteiger partial charge in [-0.15, -0.1) is 0 Å². The van der Waals surface area contributed by atoms with E-state index in [1.807, 2.05) is 6.92 Å². The predicted octanol–water partition coefficient (Wildman–Crippen LogP) is 3.11. The Labute approximate surface area is 137 Å². The summed E-state index contributed by atoms with van der Waals surface area (Å²) in [5.74, 6) is 0. The maximum atomic E-state index is 12.4. The summed E-state index contributed by atoms with van der Waals surface area (Å²) in [6.45, 7) is 7.09. The highest BCUT2D eigenvalue weighted by atomic mass is 32.2. The molecule has 1 aliphatic rings. The number of nitrogens with one attached hydrogen (secondary N) is 1. The third-order valence-electron chi connectivity index (χ3n) is 3.47. The maximum absolute atomic E-state index is 12.4. The van der Waals surface area contributed by atoms with Crippen molar-refractivity contribution >= 4 is 16.2 Å². The molecule has 0 spiro atoms. The molecule has 0 unspecified atom stereocenters. The van der Waals surface area contributed by atoms with E-state index in [1.165, 1.54) is 12.1 Å². The van der Waals surface area contributed by atoms with E-state index in [0.29, 0.717) is 12.8 Å². The summed E-state index contributed by atoms with van der Waals surface area (Å²) in [6.07, 6.45) is 0.949. The molecule has 0 radical (unpaired) electrons. The van der Waals surface area contributed by atoms with Crippen molar-refractivity contribution in [2.45, 2.75) is 63.2 Å². The SMILES string of the molecule is Cc1ccc(S(=O)(=O)OC2(NC(=O)OC(C)(C)C)CCC2)cc1. The quantitative estimate of drug-likeness (QED) is 0.672. The monoisotopic (exact) mass is 341 g/mol. The molecule has 0 atom stereocenters. The van der Waals surface area contributed by atoms with Gasteiger partial charge in [-0.1, -0.05) is 17.7 Å². The third kappa shape index (κ3) is 4.68. The average molecular weight is 341 g/mol. The highest BCUT2D eigenvalue weighted by molar-refractivity contribution is 7.86. The van der Waals surface area contributed by atoms with Gasteiger partial charge in [-0.25, -0.2) is 8.98 Å². The molecule has 7 heteroatoms. The van der Waals surface area contributed by atoms with Gasteiger partial charge < -0.3 is 4.74 Å². The van der Waals surface area contributed by atoms with E-state index in [9.17, 15) is 13.2 Å². The van der Waals surface area contributed by atoms with Crippen LogP contribution in [0.3, 0.4) is 0 Å². The predicted molar refractivity (Wildman–Crippen MR) is 85.4 cm³/mol. The normalized spacial score (nSPS) is 17.2. The van der Waals surface area contributed by atoms with Gasteiger partial charge in [-0.05, 0) is 59.1 Å². The van der Waals surface area contributed by atoms with Gasteiger partial charge in [-0.3, -0.25) is 5.32 Å². The van der Waals surface area contributed by atoms with Crippen molar-refractivity contribution in [3.63, 3.8) is 0 Å². The molecule has 2 rings (SSSR count). The molecule has 6 nitrogen and oxygen atoms in total. The number of aryl methyl sites for hydroxylation is 1. The van der Waals surface area contributed by atoms with E-state index in [1.54, 1.807) is 32.9 Å². The lowest BCUT2D eigenvalue weighted by Gasteiger charge is -2.40. The molecule has 0 heterocycles. The van der Waals surface area contributed by atoms with Gasteiger partial charge in [0, 0.05) is 0 Å². The number of rotatable bonds is 4. The largest absolute Gasteiger partial charge is 0.444 e. The Balaban J connectivity index is 2.12. The lowest BCUT2D eigenvalue weighted by molar-refractivity contribution is -0.0411. The zero-order valence-electron chi connectivity index (χ0n) is 13.9. The molecule has 0 aromatic heterocycles. The zero-order valence-corrected chi connectivity index (χ0v) is 14.7. The van der Waals surface area contributed by atoms with Crippen molar-refractivity contribution in [1.29, 1.82) is 0 Å². The first-order valence-electron chi connectivity index (χ1n) is 7.55. The molecule has 1 saturated carbocycles. The summed E-state index contributed by atoms with van der Waals surface area (Å²) >= 11 is 0. The smallest absolute Gasteiger partial charge is 0.409 e. The molecule has 23 heavy (non-hydrogen) atoms. The number of hydrogen-bond acceptors (Lipinski definition) is 5. The van der Waals surface area contributed by atoms with Crippen molar-refractivity contribution in [3.05, 3.63) is 29.8 Å². The molecule has 1 fully saturated rings. The van der Waals surface area contributed by atoms with E-state index in [2.05, 4.69) is 5.32 Å². The summed E-state index contributed by atoms with van der Waals surface area (Å²) in [5, 5.41) is 2.56. The number of hydrogen-bond donors (Lipinski definition) is 1. The van der Waals surface area contributed by atoms with E-state index >= 15 is 0 Å². The number of alkyl carbamates (subject to hydrolysis) is 1. The van der Waals surface area contributed by atoms with Gasteiger partial charge in [0.25, 0.3) is 10.1 Å². The second-order valence-corrected chi connectivity index (χ2v) is 8.37. The fraction of sp³-hybridized carbons (Fsp3) is 0.562.